The summed E-state index contributed by atoms with van der Waals surface area (Å²) in [6, 6.07) is 0.421. The van der Waals surface area contributed by atoms with Crippen molar-refractivity contribution >= 4 is 5.97 Å². The van der Waals surface area contributed by atoms with Crippen LogP contribution in [0.4, 0.5) is 0 Å². The molecule has 0 bridgehead atoms. The Morgan fingerprint density at radius 2 is 2.13 bits per heavy atom. The van der Waals surface area contributed by atoms with Crippen molar-refractivity contribution in [2.24, 2.45) is 11.8 Å². The van der Waals surface area contributed by atoms with E-state index in [0.717, 1.165) is 31.3 Å². The van der Waals surface area contributed by atoms with Gasteiger partial charge in [0.25, 0.3) is 0 Å². The molecule has 1 aliphatic heterocycles. The molecule has 0 aromatic carbocycles. The molecule has 15 heavy (non-hydrogen) atoms. The zero-order chi connectivity index (χ0) is 11.4. The topological polar surface area (TPSA) is 40.5 Å². The van der Waals surface area contributed by atoms with Gasteiger partial charge in [0.15, 0.2) is 0 Å². The largest absolute Gasteiger partial charge is 0.481 e. The van der Waals surface area contributed by atoms with E-state index in [2.05, 4.69) is 25.7 Å². The van der Waals surface area contributed by atoms with Gasteiger partial charge in [-0.2, -0.15) is 0 Å². The van der Waals surface area contributed by atoms with Crippen LogP contribution >= 0.6 is 0 Å². The summed E-state index contributed by atoms with van der Waals surface area (Å²) in [5, 5.41) is 8.63. The lowest BCUT2D eigenvalue weighted by atomic mass is 9.95. The molecule has 3 heteroatoms. The Morgan fingerprint density at radius 3 is 2.60 bits per heavy atom. The third-order valence-electron chi connectivity index (χ3n) is 3.60. The second-order valence-electron chi connectivity index (χ2n) is 5.07. The maximum Gasteiger partial charge on any atom is 0.303 e. The van der Waals surface area contributed by atoms with Crippen LogP contribution in [0, 0.1) is 11.8 Å². The van der Waals surface area contributed by atoms with Gasteiger partial charge in [-0.15, -0.1) is 0 Å². The van der Waals surface area contributed by atoms with Gasteiger partial charge in [0.05, 0.1) is 0 Å². The first-order chi connectivity index (χ1) is 7.00. The number of aliphatic carboxylic acids is 1. The van der Waals surface area contributed by atoms with Crippen molar-refractivity contribution in [3.05, 3.63) is 0 Å². The van der Waals surface area contributed by atoms with E-state index in [0.29, 0.717) is 12.5 Å². The Hall–Kier alpha value is -0.570. The van der Waals surface area contributed by atoms with Gasteiger partial charge in [-0.05, 0) is 38.1 Å². The second kappa shape index (κ2) is 5.50. The quantitative estimate of drug-likeness (QED) is 0.761. The molecule has 0 aliphatic carbocycles. The fraction of sp³-hybridized carbons (Fsp3) is 0.917. The minimum Gasteiger partial charge on any atom is -0.481 e. The molecule has 1 heterocycles. The number of hydrogen-bond donors (Lipinski definition) is 1. The van der Waals surface area contributed by atoms with Gasteiger partial charge in [-0.3, -0.25) is 4.79 Å². The Balaban J connectivity index is 2.30. The Bertz CT molecular complexity index is 216. The van der Waals surface area contributed by atoms with Crippen molar-refractivity contribution < 1.29 is 9.90 Å². The molecule has 0 amide bonds. The summed E-state index contributed by atoms with van der Waals surface area (Å²) in [6.45, 7) is 8.99. The molecular formula is C12H23NO2. The van der Waals surface area contributed by atoms with Gasteiger partial charge in [-0.1, -0.05) is 13.8 Å². The molecule has 1 aliphatic rings. The van der Waals surface area contributed by atoms with Crippen LogP contribution in [0.2, 0.25) is 0 Å². The average Bonchev–Trinajstić information content (AvgIpc) is 2.62. The van der Waals surface area contributed by atoms with Crippen molar-refractivity contribution in [1.29, 1.82) is 0 Å². The molecule has 88 valence electrons. The molecule has 1 saturated heterocycles. The Kier molecular flexibility index (Phi) is 4.58. The van der Waals surface area contributed by atoms with Gasteiger partial charge in [0.2, 0.25) is 0 Å². The standard InChI is InChI=1S/C12H23NO2/c1-9(2)11-6-7-13(8-11)10(3)4-5-12(14)15/h9-11H,4-8H2,1-3H3,(H,14,15). The van der Waals surface area contributed by atoms with E-state index >= 15 is 0 Å². The summed E-state index contributed by atoms with van der Waals surface area (Å²) in [7, 11) is 0. The number of nitrogens with zero attached hydrogens (tertiary/aromatic N) is 1. The van der Waals surface area contributed by atoms with Crippen LogP contribution in [0.25, 0.3) is 0 Å². The van der Waals surface area contributed by atoms with Crippen molar-refractivity contribution in [2.45, 2.75) is 46.1 Å². The third-order valence-corrected chi connectivity index (χ3v) is 3.60. The number of carboxylic acid groups (broad SMARTS) is 1. The van der Waals surface area contributed by atoms with Gasteiger partial charge in [0.1, 0.15) is 0 Å². The molecule has 0 radical (unpaired) electrons. The van der Waals surface area contributed by atoms with Crippen LogP contribution in [0.15, 0.2) is 0 Å². The highest BCUT2D eigenvalue weighted by Crippen LogP contribution is 2.25. The molecule has 1 N–H and O–H groups in total. The highest BCUT2D eigenvalue weighted by Gasteiger charge is 2.27. The summed E-state index contributed by atoms with van der Waals surface area (Å²) in [4.78, 5) is 12.9. The predicted octanol–water partition coefficient (Wildman–Crippen LogP) is 2.22. The molecule has 2 atom stereocenters. The van der Waals surface area contributed by atoms with Gasteiger partial charge >= 0.3 is 5.97 Å². The number of hydrogen-bond acceptors (Lipinski definition) is 2. The Morgan fingerprint density at radius 1 is 1.47 bits per heavy atom. The van der Waals surface area contributed by atoms with E-state index in [-0.39, 0.29) is 0 Å². The lowest BCUT2D eigenvalue weighted by Crippen LogP contribution is -2.31. The van der Waals surface area contributed by atoms with Crippen molar-refractivity contribution in [1.82, 2.24) is 4.90 Å². The molecule has 0 aromatic rings. The second-order valence-corrected chi connectivity index (χ2v) is 5.07. The van der Waals surface area contributed by atoms with Crippen molar-refractivity contribution in [3.8, 4) is 0 Å². The number of carboxylic acids is 1. The fourth-order valence-electron chi connectivity index (χ4n) is 2.27. The summed E-state index contributed by atoms with van der Waals surface area (Å²) >= 11 is 0. The van der Waals surface area contributed by atoms with E-state index < -0.39 is 5.97 Å². The molecule has 0 spiro atoms. The summed E-state index contributed by atoms with van der Waals surface area (Å²) in [5.41, 5.74) is 0. The minimum atomic E-state index is -0.679. The highest BCUT2D eigenvalue weighted by atomic mass is 16.4. The molecule has 0 saturated carbocycles. The first-order valence-corrected chi connectivity index (χ1v) is 5.96. The first kappa shape index (κ1) is 12.5. The fourth-order valence-corrected chi connectivity index (χ4v) is 2.27. The summed E-state index contributed by atoms with van der Waals surface area (Å²) < 4.78 is 0. The van der Waals surface area contributed by atoms with Crippen LogP contribution in [0.5, 0.6) is 0 Å². The van der Waals surface area contributed by atoms with E-state index in [1.165, 1.54) is 6.42 Å². The molecule has 1 rings (SSSR count). The van der Waals surface area contributed by atoms with Crippen LogP contribution in [-0.4, -0.2) is 35.1 Å². The highest BCUT2D eigenvalue weighted by molar-refractivity contribution is 5.66. The van der Waals surface area contributed by atoms with E-state index in [9.17, 15) is 4.79 Å². The summed E-state index contributed by atoms with van der Waals surface area (Å²) in [6.07, 6.45) is 2.35. The smallest absolute Gasteiger partial charge is 0.303 e. The average molecular weight is 213 g/mol. The lowest BCUT2D eigenvalue weighted by Gasteiger charge is -2.24. The van der Waals surface area contributed by atoms with Crippen LogP contribution < -0.4 is 0 Å². The van der Waals surface area contributed by atoms with Crippen LogP contribution in [-0.2, 0) is 4.79 Å². The minimum absolute atomic E-state index is 0.296. The summed E-state index contributed by atoms with van der Waals surface area (Å²) in [5.74, 6) is 0.875. The van der Waals surface area contributed by atoms with Gasteiger partial charge in [-0.25, -0.2) is 0 Å². The number of rotatable bonds is 5. The zero-order valence-electron chi connectivity index (χ0n) is 10.1. The molecule has 3 nitrogen and oxygen atoms in total. The maximum absolute atomic E-state index is 10.5. The molecule has 1 fully saturated rings. The molecule has 2 unspecified atom stereocenters. The maximum atomic E-state index is 10.5. The predicted molar refractivity (Wildman–Crippen MR) is 60.8 cm³/mol. The molecular weight excluding hydrogens is 190 g/mol. The Labute approximate surface area is 92.5 Å². The lowest BCUT2D eigenvalue weighted by molar-refractivity contribution is -0.137. The van der Waals surface area contributed by atoms with E-state index in [1.807, 2.05) is 0 Å². The SMILES string of the molecule is CC(C)C1CCN(C(C)CCC(=O)O)C1. The van der Waals surface area contributed by atoms with Crippen molar-refractivity contribution in [3.63, 3.8) is 0 Å². The number of carbonyl (C=O) groups is 1. The molecule has 0 aromatic heterocycles. The van der Waals surface area contributed by atoms with Gasteiger partial charge < -0.3 is 10.0 Å². The van der Waals surface area contributed by atoms with E-state index in [4.69, 9.17) is 5.11 Å². The zero-order valence-corrected chi connectivity index (χ0v) is 10.1. The normalized spacial score (nSPS) is 24.7. The monoisotopic (exact) mass is 213 g/mol. The van der Waals surface area contributed by atoms with Crippen LogP contribution in [0.3, 0.4) is 0 Å². The van der Waals surface area contributed by atoms with Crippen molar-refractivity contribution in [2.75, 3.05) is 13.1 Å². The van der Waals surface area contributed by atoms with Crippen LogP contribution in [0.1, 0.15) is 40.0 Å². The van der Waals surface area contributed by atoms with Gasteiger partial charge in [0, 0.05) is 19.0 Å². The first-order valence-electron chi connectivity index (χ1n) is 5.96. The third kappa shape index (κ3) is 3.82. The number of likely N-dealkylation sites (tertiary alicyclic amines) is 1. The van der Waals surface area contributed by atoms with E-state index in [1.54, 1.807) is 0 Å².